The summed E-state index contributed by atoms with van der Waals surface area (Å²) in [5.41, 5.74) is 2.09. The molecule has 23 heavy (non-hydrogen) atoms. The van der Waals surface area contributed by atoms with Crippen molar-refractivity contribution in [1.29, 1.82) is 0 Å². The largest absolute Gasteiger partial charge is 0.493 e. The Morgan fingerprint density at radius 2 is 1.91 bits per heavy atom. The molecule has 1 aromatic heterocycles. The fourth-order valence-electron chi connectivity index (χ4n) is 3.31. The van der Waals surface area contributed by atoms with Gasteiger partial charge in [-0.25, -0.2) is 0 Å². The Morgan fingerprint density at radius 3 is 2.48 bits per heavy atom. The molecule has 1 heterocycles. The number of hydrogen-bond donors (Lipinski definition) is 0. The molecule has 2 atom stereocenters. The smallest absolute Gasteiger partial charge is 0.225 e. The quantitative estimate of drug-likeness (QED) is 0.631. The van der Waals surface area contributed by atoms with Crippen LogP contribution in [0.2, 0.25) is 0 Å². The summed E-state index contributed by atoms with van der Waals surface area (Å²) >= 11 is 1.63. The van der Waals surface area contributed by atoms with E-state index in [0.717, 1.165) is 20.9 Å². The Labute approximate surface area is 139 Å². The van der Waals surface area contributed by atoms with Gasteiger partial charge in [-0.1, -0.05) is 0 Å². The molecule has 122 valence electrons. The van der Waals surface area contributed by atoms with Crippen LogP contribution in [0, 0.1) is 17.0 Å². The van der Waals surface area contributed by atoms with E-state index in [-0.39, 0.29) is 10.8 Å². The van der Waals surface area contributed by atoms with Gasteiger partial charge in [0.15, 0.2) is 11.5 Å². The zero-order valence-corrected chi connectivity index (χ0v) is 14.2. The third-order valence-electron chi connectivity index (χ3n) is 4.41. The minimum Gasteiger partial charge on any atom is -0.493 e. The van der Waals surface area contributed by atoms with E-state index in [1.165, 1.54) is 0 Å². The number of ether oxygens (including phenoxy) is 2. The molecule has 2 aromatic rings. The van der Waals surface area contributed by atoms with Crippen molar-refractivity contribution in [2.24, 2.45) is 0 Å². The summed E-state index contributed by atoms with van der Waals surface area (Å²) in [5.74, 6) is 1.06. The summed E-state index contributed by atoms with van der Waals surface area (Å²) in [7, 11) is 3.19. The third-order valence-corrected chi connectivity index (χ3v) is 5.50. The van der Waals surface area contributed by atoms with Crippen LogP contribution in [0.3, 0.4) is 0 Å². The average Bonchev–Trinajstić information content (AvgIpc) is 2.98. The van der Waals surface area contributed by atoms with Gasteiger partial charge in [-0.3, -0.25) is 10.1 Å². The van der Waals surface area contributed by atoms with Crippen LogP contribution >= 0.6 is 11.3 Å². The zero-order chi connectivity index (χ0) is 16.6. The minimum absolute atomic E-state index is 0.140. The monoisotopic (exact) mass is 333 g/mol. The van der Waals surface area contributed by atoms with Gasteiger partial charge in [0.2, 0.25) is 6.04 Å². The summed E-state index contributed by atoms with van der Waals surface area (Å²) in [6.45, 7) is 2.02. The Kier molecular flexibility index (Phi) is 4.26. The molecular formula is C17H19NO4S. The average molecular weight is 333 g/mol. The summed E-state index contributed by atoms with van der Waals surface area (Å²) < 4.78 is 10.8. The SMILES string of the molecule is COc1cc2c(cc1OC)[C@@H](c1ccc(C)s1)[C@H]([N+](=O)[O-])CC2. The Balaban J connectivity index is 2.16. The van der Waals surface area contributed by atoms with Crippen molar-refractivity contribution in [3.8, 4) is 11.5 Å². The molecule has 5 nitrogen and oxygen atoms in total. The molecule has 0 bridgehead atoms. The van der Waals surface area contributed by atoms with Gasteiger partial charge in [-0.15, -0.1) is 11.3 Å². The van der Waals surface area contributed by atoms with Crippen molar-refractivity contribution in [2.75, 3.05) is 14.2 Å². The van der Waals surface area contributed by atoms with Gasteiger partial charge in [0.25, 0.3) is 0 Å². The molecule has 0 saturated heterocycles. The number of hydrogen-bond acceptors (Lipinski definition) is 5. The van der Waals surface area contributed by atoms with Crippen molar-refractivity contribution in [3.63, 3.8) is 0 Å². The number of benzene rings is 1. The minimum atomic E-state index is -0.598. The maximum absolute atomic E-state index is 11.6. The first-order chi connectivity index (χ1) is 11.0. The van der Waals surface area contributed by atoms with Gasteiger partial charge in [0.05, 0.1) is 20.1 Å². The highest BCUT2D eigenvalue weighted by atomic mass is 32.1. The number of nitrogens with zero attached hydrogens (tertiary/aromatic N) is 1. The predicted molar refractivity (Wildman–Crippen MR) is 89.5 cm³/mol. The second-order valence-electron chi connectivity index (χ2n) is 5.72. The highest BCUT2D eigenvalue weighted by molar-refractivity contribution is 7.12. The maximum atomic E-state index is 11.6. The van der Waals surface area contributed by atoms with E-state index >= 15 is 0 Å². The lowest BCUT2D eigenvalue weighted by Gasteiger charge is -2.28. The van der Waals surface area contributed by atoms with Crippen molar-refractivity contribution in [3.05, 3.63) is 55.3 Å². The normalized spacial score (nSPS) is 20.0. The summed E-state index contributed by atoms with van der Waals surface area (Å²) in [6.07, 6.45) is 1.22. The predicted octanol–water partition coefficient (Wildman–Crippen LogP) is 3.80. The molecule has 0 radical (unpaired) electrons. The molecule has 0 N–H and O–H groups in total. The fraction of sp³-hybridized carbons (Fsp3) is 0.412. The van der Waals surface area contributed by atoms with Crippen molar-refractivity contribution in [2.45, 2.75) is 31.7 Å². The first-order valence-corrected chi connectivity index (χ1v) is 8.31. The fourth-order valence-corrected chi connectivity index (χ4v) is 4.37. The van der Waals surface area contributed by atoms with E-state index in [9.17, 15) is 10.1 Å². The number of fused-ring (bicyclic) bond motifs is 1. The molecule has 0 fully saturated rings. The molecule has 1 aliphatic carbocycles. The van der Waals surface area contributed by atoms with Gasteiger partial charge in [0, 0.05) is 21.1 Å². The van der Waals surface area contributed by atoms with Gasteiger partial charge in [0.1, 0.15) is 0 Å². The van der Waals surface area contributed by atoms with Crippen LogP contribution < -0.4 is 9.47 Å². The molecule has 0 amide bonds. The van der Waals surface area contributed by atoms with E-state index < -0.39 is 6.04 Å². The van der Waals surface area contributed by atoms with E-state index in [0.29, 0.717) is 24.3 Å². The summed E-state index contributed by atoms with van der Waals surface area (Å²) in [5, 5.41) is 11.6. The van der Waals surface area contributed by atoms with Crippen LogP contribution in [0.15, 0.2) is 24.3 Å². The third kappa shape index (κ3) is 2.79. The van der Waals surface area contributed by atoms with Gasteiger partial charge >= 0.3 is 0 Å². The molecule has 0 saturated carbocycles. The Bertz CT molecular complexity index is 740. The van der Waals surface area contributed by atoms with E-state index in [1.807, 2.05) is 31.2 Å². The number of aryl methyl sites for hydroxylation is 2. The van der Waals surface area contributed by atoms with Crippen LogP contribution in [0.5, 0.6) is 11.5 Å². The number of methoxy groups -OCH3 is 2. The Morgan fingerprint density at radius 1 is 1.22 bits per heavy atom. The van der Waals surface area contributed by atoms with Crippen molar-refractivity contribution >= 4 is 11.3 Å². The highest BCUT2D eigenvalue weighted by Crippen LogP contribution is 2.44. The molecule has 3 rings (SSSR count). The molecule has 1 aromatic carbocycles. The zero-order valence-electron chi connectivity index (χ0n) is 13.4. The second kappa shape index (κ2) is 6.20. The van der Waals surface area contributed by atoms with Gasteiger partial charge in [-0.2, -0.15) is 0 Å². The first kappa shape index (κ1) is 15.8. The second-order valence-corrected chi connectivity index (χ2v) is 7.04. The standard InChI is InChI=1S/C17H19NO4S/c1-10-4-7-16(23-10)17-12-9-15(22-3)14(21-2)8-11(12)5-6-13(17)18(19)20/h4,7-9,13,17H,5-6H2,1-3H3/t13-,17-/m1/s1. The van der Waals surface area contributed by atoms with E-state index in [2.05, 4.69) is 0 Å². The van der Waals surface area contributed by atoms with Crippen LogP contribution in [0.25, 0.3) is 0 Å². The molecule has 0 spiro atoms. The van der Waals surface area contributed by atoms with Crippen molar-refractivity contribution < 1.29 is 14.4 Å². The first-order valence-electron chi connectivity index (χ1n) is 7.49. The lowest BCUT2D eigenvalue weighted by Crippen LogP contribution is -2.32. The lowest BCUT2D eigenvalue weighted by molar-refractivity contribution is -0.526. The van der Waals surface area contributed by atoms with Crippen LogP contribution in [-0.4, -0.2) is 25.2 Å². The van der Waals surface area contributed by atoms with Crippen LogP contribution in [-0.2, 0) is 6.42 Å². The maximum Gasteiger partial charge on any atom is 0.225 e. The van der Waals surface area contributed by atoms with Crippen LogP contribution in [0.1, 0.15) is 33.2 Å². The summed E-state index contributed by atoms with van der Waals surface area (Å²) in [4.78, 5) is 13.6. The number of rotatable bonds is 4. The highest BCUT2D eigenvalue weighted by Gasteiger charge is 2.40. The summed E-state index contributed by atoms with van der Waals surface area (Å²) in [6, 6.07) is 7.29. The molecular weight excluding hydrogens is 314 g/mol. The molecule has 0 unspecified atom stereocenters. The number of thiophene rings is 1. The van der Waals surface area contributed by atoms with Gasteiger partial charge < -0.3 is 9.47 Å². The van der Waals surface area contributed by atoms with Gasteiger partial charge in [-0.05, 0) is 48.7 Å². The molecule has 0 aliphatic heterocycles. The molecule has 6 heteroatoms. The lowest BCUT2D eigenvalue weighted by atomic mass is 9.78. The Hall–Kier alpha value is -2.08. The van der Waals surface area contributed by atoms with E-state index in [4.69, 9.17) is 9.47 Å². The van der Waals surface area contributed by atoms with Crippen LogP contribution in [0.4, 0.5) is 0 Å². The number of nitro groups is 1. The van der Waals surface area contributed by atoms with Crippen molar-refractivity contribution in [1.82, 2.24) is 0 Å². The topological polar surface area (TPSA) is 61.6 Å². The van der Waals surface area contributed by atoms with E-state index in [1.54, 1.807) is 25.6 Å². The molecule has 1 aliphatic rings.